The lowest BCUT2D eigenvalue weighted by Crippen LogP contribution is -2.18. The normalized spacial score (nSPS) is 16.0. The fourth-order valence-corrected chi connectivity index (χ4v) is 1.26. The Balaban J connectivity index is 3.81. The summed E-state index contributed by atoms with van der Waals surface area (Å²) in [6.07, 6.45) is 3.14. The minimum absolute atomic E-state index is 0.261. The number of carbonyl (C=O) groups excluding carboxylic acids is 1. The van der Waals surface area contributed by atoms with Gasteiger partial charge in [0, 0.05) is 11.8 Å². The Morgan fingerprint density at radius 3 is 2.09 bits per heavy atom. The molecule has 0 radical (unpaired) electrons. The van der Waals surface area contributed by atoms with E-state index in [1.807, 2.05) is 13.8 Å². The number of carbonyl (C=O) groups is 1. The molecular formula is C10H20O. The third kappa shape index (κ3) is 3.54. The van der Waals surface area contributed by atoms with Crippen molar-refractivity contribution < 1.29 is 4.79 Å². The van der Waals surface area contributed by atoms with Crippen molar-refractivity contribution in [3.8, 4) is 0 Å². The highest BCUT2D eigenvalue weighted by molar-refractivity contribution is 5.82. The summed E-state index contributed by atoms with van der Waals surface area (Å²) in [4.78, 5) is 11.5. The first-order valence-electron chi connectivity index (χ1n) is 4.67. The van der Waals surface area contributed by atoms with Crippen LogP contribution in [0.5, 0.6) is 0 Å². The zero-order chi connectivity index (χ0) is 8.85. The first-order chi connectivity index (χ1) is 5.13. The molecule has 0 aliphatic carbocycles. The molecule has 0 aliphatic rings. The van der Waals surface area contributed by atoms with Crippen LogP contribution in [0.2, 0.25) is 0 Å². The second-order valence-corrected chi connectivity index (χ2v) is 3.40. The standard InChI is InChI=1S/C10H20O/c1-5-7-9(4)10(11)8(3)6-2/h8-9H,5-7H2,1-4H3/t8-,9+/m0/s1. The number of rotatable bonds is 5. The number of Topliss-reactive ketones (excluding diaryl/α,β-unsaturated/α-hetero) is 1. The van der Waals surface area contributed by atoms with Gasteiger partial charge in [-0.25, -0.2) is 0 Å². The van der Waals surface area contributed by atoms with E-state index in [2.05, 4.69) is 13.8 Å². The molecule has 0 heterocycles. The number of hydrogen-bond donors (Lipinski definition) is 0. The molecule has 1 heteroatoms. The van der Waals surface area contributed by atoms with E-state index in [1.54, 1.807) is 0 Å². The molecule has 0 bridgehead atoms. The van der Waals surface area contributed by atoms with Crippen molar-refractivity contribution in [2.24, 2.45) is 11.8 Å². The predicted molar refractivity (Wildman–Crippen MR) is 48.5 cm³/mol. The van der Waals surface area contributed by atoms with Crippen LogP contribution in [0.1, 0.15) is 47.0 Å². The lowest BCUT2D eigenvalue weighted by Gasteiger charge is -2.13. The van der Waals surface area contributed by atoms with Gasteiger partial charge in [0.25, 0.3) is 0 Å². The van der Waals surface area contributed by atoms with Crippen molar-refractivity contribution in [3.05, 3.63) is 0 Å². The Morgan fingerprint density at radius 1 is 1.18 bits per heavy atom. The van der Waals surface area contributed by atoms with Gasteiger partial charge in [-0.2, -0.15) is 0 Å². The second-order valence-electron chi connectivity index (χ2n) is 3.40. The Morgan fingerprint density at radius 2 is 1.73 bits per heavy atom. The number of ketones is 1. The van der Waals surface area contributed by atoms with Crippen LogP contribution in [-0.2, 0) is 4.79 Å². The van der Waals surface area contributed by atoms with Crippen LogP contribution in [0.3, 0.4) is 0 Å². The summed E-state index contributed by atoms with van der Waals surface area (Å²) in [6, 6.07) is 0. The predicted octanol–water partition coefficient (Wildman–Crippen LogP) is 3.04. The molecule has 0 aliphatic heterocycles. The van der Waals surface area contributed by atoms with Crippen molar-refractivity contribution in [3.63, 3.8) is 0 Å². The molecule has 0 saturated carbocycles. The summed E-state index contributed by atoms with van der Waals surface area (Å²) in [7, 11) is 0. The van der Waals surface area contributed by atoms with E-state index in [-0.39, 0.29) is 11.8 Å². The summed E-state index contributed by atoms with van der Waals surface area (Å²) in [6.45, 7) is 8.26. The van der Waals surface area contributed by atoms with Crippen LogP contribution in [0, 0.1) is 11.8 Å². The largest absolute Gasteiger partial charge is 0.299 e. The van der Waals surface area contributed by atoms with E-state index in [9.17, 15) is 4.79 Å². The molecule has 0 unspecified atom stereocenters. The minimum Gasteiger partial charge on any atom is -0.299 e. The van der Waals surface area contributed by atoms with Gasteiger partial charge >= 0.3 is 0 Å². The summed E-state index contributed by atoms with van der Waals surface area (Å²) in [5.41, 5.74) is 0. The Bertz CT molecular complexity index is 118. The van der Waals surface area contributed by atoms with Crippen LogP contribution >= 0.6 is 0 Å². The zero-order valence-electron chi connectivity index (χ0n) is 8.18. The lowest BCUT2D eigenvalue weighted by atomic mass is 9.91. The van der Waals surface area contributed by atoms with Crippen molar-refractivity contribution in [2.75, 3.05) is 0 Å². The Hall–Kier alpha value is -0.330. The Kier molecular flexibility index (Phi) is 5.18. The van der Waals surface area contributed by atoms with Crippen molar-refractivity contribution in [1.82, 2.24) is 0 Å². The van der Waals surface area contributed by atoms with Crippen molar-refractivity contribution in [2.45, 2.75) is 47.0 Å². The molecule has 0 amide bonds. The number of hydrogen-bond acceptors (Lipinski definition) is 1. The highest BCUT2D eigenvalue weighted by Crippen LogP contribution is 2.14. The van der Waals surface area contributed by atoms with Crippen LogP contribution in [0.25, 0.3) is 0 Å². The first kappa shape index (κ1) is 10.7. The lowest BCUT2D eigenvalue weighted by molar-refractivity contribution is -0.126. The molecule has 1 nitrogen and oxygen atoms in total. The zero-order valence-corrected chi connectivity index (χ0v) is 8.18. The van der Waals surface area contributed by atoms with E-state index < -0.39 is 0 Å². The summed E-state index contributed by atoms with van der Waals surface area (Å²) in [5, 5.41) is 0. The van der Waals surface area contributed by atoms with Gasteiger partial charge in [-0.05, 0) is 12.8 Å². The molecule has 0 spiro atoms. The van der Waals surface area contributed by atoms with Crippen LogP contribution in [0.4, 0.5) is 0 Å². The topological polar surface area (TPSA) is 17.1 Å². The highest BCUT2D eigenvalue weighted by atomic mass is 16.1. The molecular weight excluding hydrogens is 136 g/mol. The molecule has 0 rings (SSSR count). The average molecular weight is 156 g/mol. The van der Waals surface area contributed by atoms with Gasteiger partial charge in [0.15, 0.2) is 0 Å². The van der Waals surface area contributed by atoms with Crippen molar-refractivity contribution in [1.29, 1.82) is 0 Å². The SMILES string of the molecule is CCC[C@@H](C)C(=O)[C@@H](C)CC. The smallest absolute Gasteiger partial charge is 0.138 e. The third-order valence-electron chi connectivity index (χ3n) is 2.31. The monoisotopic (exact) mass is 156 g/mol. The maximum atomic E-state index is 11.5. The van der Waals surface area contributed by atoms with E-state index in [1.165, 1.54) is 0 Å². The van der Waals surface area contributed by atoms with Gasteiger partial charge in [-0.15, -0.1) is 0 Å². The maximum Gasteiger partial charge on any atom is 0.138 e. The first-order valence-corrected chi connectivity index (χ1v) is 4.67. The van der Waals surface area contributed by atoms with Crippen LogP contribution < -0.4 is 0 Å². The van der Waals surface area contributed by atoms with E-state index in [0.29, 0.717) is 5.78 Å². The quantitative estimate of drug-likeness (QED) is 0.598. The van der Waals surface area contributed by atoms with E-state index >= 15 is 0 Å². The van der Waals surface area contributed by atoms with Gasteiger partial charge in [-0.3, -0.25) is 4.79 Å². The highest BCUT2D eigenvalue weighted by Gasteiger charge is 2.16. The molecule has 0 aromatic heterocycles. The molecule has 0 saturated heterocycles. The summed E-state index contributed by atoms with van der Waals surface area (Å²) < 4.78 is 0. The molecule has 2 atom stereocenters. The van der Waals surface area contributed by atoms with Gasteiger partial charge in [-0.1, -0.05) is 34.1 Å². The molecule has 0 fully saturated rings. The van der Waals surface area contributed by atoms with Crippen molar-refractivity contribution >= 4 is 5.78 Å². The summed E-state index contributed by atoms with van der Waals surface area (Å²) >= 11 is 0. The minimum atomic E-state index is 0.261. The molecule has 11 heavy (non-hydrogen) atoms. The molecule has 66 valence electrons. The second kappa shape index (κ2) is 5.34. The maximum absolute atomic E-state index is 11.5. The van der Waals surface area contributed by atoms with E-state index in [4.69, 9.17) is 0 Å². The average Bonchev–Trinajstić information content (AvgIpc) is 2.02. The molecule has 0 aromatic rings. The fraction of sp³-hybridized carbons (Fsp3) is 0.900. The van der Waals surface area contributed by atoms with Crippen LogP contribution in [-0.4, -0.2) is 5.78 Å². The molecule has 0 N–H and O–H groups in total. The Labute approximate surface area is 70.2 Å². The van der Waals surface area contributed by atoms with Gasteiger partial charge < -0.3 is 0 Å². The van der Waals surface area contributed by atoms with Gasteiger partial charge in [0.1, 0.15) is 5.78 Å². The fourth-order valence-electron chi connectivity index (χ4n) is 1.26. The van der Waals surface area contributed by atoms with Crippen LogP contribution in [0.15, 0.2) is 0 Å². The van der Waals surface area contributed by atoms with E-state index in [0.717, 1.165) is 19.3 Å². The summed E-state index contributed by atoms with van der Waals surface area (Å²) in [5.74, 6) is 0.973. The van der Waals surface area contributed by atoms with Gasteiger partial charge in [0.05, 0.1) is 0 Å². The van der Waals surface area contributed by atoms with Gasteiger partial charge in [0.2, 0.25) is 0 Å². The molecule has 0 aromatic carbocycles. The third-order valence-corrected chi connectivity index (χ3v) is 2.31.